The Hall–Kier alpha value is -1.06. The molecule has 1 atom stereocenters. The van der Waals surface area contributed by atoms with Crippen molar-refractivity contribution >= 4 is 5.69 Å². The highest BCUT2D eigenvalue weighted by molar-refractivity contribution is 5.45. The molecule has 0 spiro atoms. The number of nitrogen functional groups attached to an aromatic ring is 1. The molecule has 1 aromatic carbocycles. The Labute approximate surface area is 109 Å². The smallest absolute Gasteiger partial charge is 0.0594 e. The van der Waals surface area contributed by atoms with Crippen molar-refractivity contribution in [1.82, 2.24) is 4.90 Å². The molecule has 1 fully saturated rings. The first kappa shape index (κ1) is 12.0. The van der Waals surface area contributed by atoms with Crippen LogP contribution < -0.4 is 5.73 Å². The molecule has 1 unspecified atom stereocenters. The fraction of sp³-hybridized carbons (Fsp3) is 0.600. The van der Waals surface area contributed by atoms with E-state index in [1.54, 1.807) is 0 Å². The van der Waals surface area contributed by atoms with E-state index in [4.69, 9.17) is 10.5 Å². The Balaban J connectivity index is 1.70. The van der Waals surface area contributed by atoms with Crippen LogP contribution in [0, 0.1) is 0 Å². The molecule has 2 N–H and O–H groups in total. The van der Waals surface area contributed by atoms with Gasteiger partial charge in [-0.1, -0.05) is 6.07 Å². The lowest BCUT2D eigenvalue weighted by molar-refractivity contribution is 0.0136. The van der Waals surface area contributed by atoms with Crippen LogP contribution in [0.15, 0.2) is 18.2 Å². The maximum Gasteiger partial charge on any atom is 0.0594 e. The number of morpholine rings is 1. The highest BCUT2D eigenvalue weighted by Crippen LogP contribution is 2.25. The zero-order chi connectivity index (χ0) is 12.4. The van der Waals surface area contributed by atoms with Crippen LogP contribution in [0.5, 0.6) is 0 Å². The molecule has 0 amide bonds. The number of hydrogen-bond donors (Lipinski definition) is 1. The van der Waals surface area contributed by atoms with Gasteiger partial charge < -0.3 is 10.5 Å². The first-order chi connectivity index (χ1) is 8.83. The average Bonchev–Trinajstić information content (AvgIpc) is 2.62. The third kappa shape index (κ3) is 2.52. The van der Waals surface area contributed by atoms with Gasteiger partial charge in [0.2, 0.25) is 0 Å². The van der Waals surface area contributed by atoms with Crippen molar-refractivity contribution in [3.8, 4) is 0 Å². The SMILES string of the molecule is Nc1ccc2c(c1)CCC(N1CCOCC1)CC2. The van der Waals surface area contributed by atoms with E-state index in [-0.39, 0.29) is 0 Å². The molecule has 18 heavy (non-hydrogen) atoms. The number of ether oxygens (including phenoxy) is 1. The van der Waals surface area contributed by atoms with E-state index < -0.39 is 0 Å². The first-order valence-corrected chi connectivity index (χ1v) is 7.02. The Kier molecular flexibility index (Phi) is 3.52. The summed E-state index contributed by atoms with van der Waals surface area (Å²) in [6.45, 7) is 4.00. The van der Waals surface area contributed by atoms with E-state index in [0.717, 1.165) is 38.0 Å². The molecular formula is C15H22N2O. The summed E-state index contributed by atoms with van der Waals surface area (Å²) in [6, 6.07) is 7.14. The Morgan fingerprint density at radius 1 is 1.06 bits per heavy atom. The topological polar surface area (TPSA) is 38.5 Å². The van der Waals surface area contributed by atoms with E-state index in [2.05, 4.69) is 17.0 Å². The fourth-order valence-corrected chi connectivity index (χ4v) is 3.22. The molecule has 0 aromatic heterocycles. The van der Waals surface area contributed by atoms with Gasteiger partial charge in [-0.2, -0.15) is 0 Å². The molecule has 3 nitrogen and oxygen atoms in total. The van der Waals surface area contributed by atoms with Gasteiger partial charge in [0, 0.05) is 24.8 Å². The van der Waals surface area contributed by atoms with Gasteiger partial charge in [-0.05, 0) is 48.9 Å². The number of nitrogens with zero attached hydrogens (tertiary/aromatic N) is 1. The van der Waals surface area contributed by atoms with Gasteiger partial charge in [-0.25, -0.2) is 0 Å². The van der Waals surface area contributed by atoms with E-state index in [9.17, 15) is 0 Å². The summed E-state index contributed by atoms with van der Waals surface area (Å²) in [5.41, 5.74) is 9.75. The van der Waals surface area contributed by atoms with E-state index in [0.29, 0.717) is 0 Å². The third-order valence-electron chi connectivity index (χ3n) is 4.29. The number of aryl methyl sites for hydroxylation is 2. The largest absolute Gasteiger partial charge is 0.399 e. The van der Waals surface area contributed by atoms with Gasteiger partial charge in [0.15, 0.2) is 0 Å². The molecule has 1 aliphatic heterocycles. The molecule has 3 rings (SSSR count). The van der Waals surface area contributed by atoms with Crippen LogP contribution in [0.3, 0.4) is 0 Å². The van der Waals surface area contributed by atoms with Gasteiger partial charge in [0.25, 0.3) is 0 Å². The Morgan fingerprint density at radius 2 is 1.78 bits per heavy atom. The van der Waals surface area contributed by atoms with E-state index in [1.165, 1.54) is 36.8 Å². The van der Waals surface area contributed by atoms with Crippen LogP contribution in [-0.4, -0.2) is 37.2 Å². The van der Waals surface area contributed by atoms with Crippen molar-refractivity contribution in [2.24, 2.45) is 0 Å². The van der Waals surface area contributed by atoms with Gasteiger partial charge in [0.1, 0.15) is 0 Å². The van der Waals surface area contributed by atoms with Crippen molar-refractivity contribution in [2.45, 2.75) is 31.7 Å². The number of benzene rings is 1. The van der Waals surface area contributed by atoms with Gasteiger partial charge in [-0.15, -0.1) is 0 Å². The monoisotopic (exact) mass is 246 g/mol. The van der Waals surface area contributed by atoms with Gasteiger partial charge in [0.05, 0.1) is 13.2 Å². The summed E-state index contributed by atoms with van der Waals surface area (Å²) in [5.74, 6) is 0. The van der Waals surface area contributed by atoms with Gasteiger partial charge >= 0.3 is 0 Å². The first-order valence-electron chi connectivity index (χ1n) is 7.02. The predicted molar refractivity (Wildman–Crippen MR) is 73.7 cm³/mol. The molecule has 1 saturated heterocycles. The summed E-state index contributed by atoms with van der Waals surface area (Å²) in [4.78, 5) is 2.61. The second kappa shape index (κ2) is 5.29. The van der Waals surface area contributed by atoms with Crippen LogP contribution in [0.2, 0.25) is 0 Å². The maximum atomic E-state index is 5.88. The lowest BCUT2D eigenvalue weighted by atomic mass is 10.0. The molecule has 0 radical (unpaired) electrons. The van der Waals surface area contributed by atoms with Gasteiger partial charge in [-0.3, -0.25) is 4.90 Å². The van der Waals surface area contributed by atoms with Crippen molar-refractivity contribution in [2.75, 3.05) is 32.0 Å². The van der Waals surface area contributed by atoms with E-state index in [1.807, 2.05) is 6.07 Å². The maximum absolute atomic E-state index is 5.88. The summed E-state index contributed by atoms with van der Waals surface area (Å²) < 4.78 is 5.44. The van der Waals surface area contributed by atoms with Crippen molar-refractivity contribution in [3.63, 3.8) is 0 Å². The van der Waals surface area contributed by atoms with Crippen LogP contribution >= 0.6 is 0 Å². The minimum Gasteiger partial charge on any atom is -0.399 e. The highest BCUT2D eigenvalue weighted by atomic mass is 16.5. The van der Waals surface area contributed by atoms with Crippen molar-refractivity contribution in [1.29, 1.82) is 0 Å². The molecule has 1 aromatic rings. The molecule has 0 saturated carbocycles. The minimum atomic E-state index is 0.725. The zero-order valence-electron chi connectivity index (χ0n) is 10.9. The molecule has 0 bridgehead atoms. The van der Waals surface area contributed by atoms with Crippen LogP contribution in [0.4, 0.5) is 5.69 Å². The Morgan fingerprint density at radius 3 is 2.56 bits per heavy atom. The predicted octanol–water partition coefficient (Wildman–Crippen LogP) is 1.85. The van der Waals surface area contributed by atoms with Crippen molar-refractivity contribution in [3.05, 3.63) is 29.3 Å². The second-order valence-corrected chi connectivity index (χ2v) is 5.41. The molecular weight excluding hydrogens is 224 g/mol. The lowest BCUT2D eigenvalue weighted by Gasteiger charge is -2.33. The molecule has 2 aliphatic rings. The number of fused-ring (bicyclic) bond motifs is 1. The standard InChI is InChI=1S/C15H22N2O/c16-14-4-1-12-2-5-15(6-3-13(12)11-14)17-7-9-18-10-8-17/h1,4,11,15H,2-3,5-10,16H2. The Bertz CT molecular complexity index is 413. The fourth-order valence-electron chi connectivity index (χ4n) is 3.22. The second-order valence-electron chi connectivity index (χ2n) is 5.41. The molecule has 1 heterocycles. The minimum absolute atomic E-state index is 0.725. The summed E-state index contributed by atoms with van der Waals surface area (Å²) in [6.07, 6.45) is 4.90. The van der Waals surface area contributed by atoms with Crippen LogP contribution in [0.25, 0.3) is 0 Å². The number of anilines is 1. The molecule has 1 aliphatic carbocycles. The molecule has 98 valence electrons. The highest BCUT2D eigenvalue weighted by Gasteiger charge is 2.23. The lowest BCUT2D eigenvalue weighted by Crippen LogP contribution is -2.43. The number of nitrogens with two attached hydrogens (primary N) is 1. The third-order valence-corrected chi connectivity index (χ3v) is 4.29. The number of rotatable bonds is 1. The summed E-state index contributed by atoms with van der Waals surface area (Å²) in [5, 5.41) is 0. The molecule has 3 heteroatoms. The van der Waals surface area contributed by atoms with E-state index >= 15 is 0 Å². The summed E-state index contributed by atoms with van der Waals surface area (Å²) in [7, 11) is 0. The average molecular weight is 246 g/mol. The normalized spacial score (nSPS) is 25.4. The summed E-state index contributed by atoms with van der Waals surface area (Å²) >= 11 is 0. The quantitative estimate of drug-likeness (QED) is 0.607. The zero-order valence-corrected chi connectivity index (χ0v) is 10.9. The van der Waals surface area contributed by atoms with Crippen LogP contribution in [-0.2, 0) is 17.6 Å². The van der Waals surface area contributed by atoms with Crippen molar-refractivity contribution < 1.29 is 4.74 Å². The van der Waals surface area contributed by atoms with Crippen LogP contribution in [0.1, 0.15) is 24.0 Å². The number of hydrogen-bond acceptors (Lipinski definition) is 3.